The molecule has 0 aliphatic heterocycles. The topological polar surface area (TPSA) is 65.0 Å². The van der Waals surface area contributed by atoms with Gasteiger partial charge in [-0.2, -0.15) is 0 Å². The van der Waals surface area contributed by atoms with Crippen LogP contribution in [0.4, 0.5) is 13.2 Å². The molecule has 124 valence electrons. The molecule has 0 bridgehead atoms. The fourth-order valence-corrected chi connectivity index (χ4v) is 2.82. The summed E-state index contributed by atoms with van der Waals surface area (Å²) in [6.45, 7) is 4.70. The third-order valence-electron chi connectivity index (χ3n) is 2.84. The van der Waals surface area contributed by atoms with E-state index in [1.165, 1.54) is 6.07 Å². The van der Waals surface area contributed by atoms with Crippen LogP contribution in [-0.4, -0.2) is 27.0 Å². The summed E-state index contributed by atoms with van der Waals surface area (Å²) in [6.07, 6.45) is -3.74. The summed E-state index contributed by atoms with van der Waals surface area (Å²) in [5.74, 6) is -1.01. The fraction of sp³-hybridized carbons (Fsp3) is 0.538. The number of nitrogens with zero attached hydrogens (tertiary/aromatic N) is 1. The van der Waals surface area contributed by atoms with E-state index in [9.17, 15) is 22.5 Å². The molecule has 1 rings (SSSR count). The number of carbonyl (C=O) groups excluding carboxylic acids is 1. The molecule has 9 heteroatoms. The highest BCUT2D eigenvalue weighted by Crippen LogP contribution is 2.35. The van der Waals surface area contributed by atoms with Crippen molar-refractivity contribution in [3.05, 3.63) is 28.2 Å². The first-order valence-electron chi connectivity index (χ1n) is 6.28. The van der Waals surface area contributed by atoms with Gasteiger partial charge in [-0.15, -0.1) is 4.72 Å². The molecule has 0 saturated heterocycles. The number of hydrogen-bond acceptors (Lipinski definition) is 4. The summed E-state index contributed by atoms with van der Waals surface area (Å²) < 4.78 is 55.1. The van der Waals surface area contributed by atoms with Crippen molar-refractivity contribution in [1.29, 1.82) is 0 Å². The number of alkyl halides is 2. The minimum Gasteiger partial charge on any atom is -0.598 e. The van der Waals surface area contributed by atoms with E-state index < -0.39 is 46.0 Å². The van der Waals surface area contributed by atoms with Crippen LogP contribution in [0.15, 0.2) is 16.7 Å². The predicted molar refractivity (Wildman–Crippen MR) is 81.3 cm³/mol. The molecule has 0 aliphatic rings. The van der Waals surface area contributed by atoms with Crippen LogP contribution in [-0.2, 0) is 21.7 Å². The smallest absolute Gasteiger partial charge is 0.266 e. The highest BCUT2D eigenvalue weighted by atomic mass is 79.9. The first kappa shape index (κ1) is 19.4. The number of aldehydes is 1. The molecule has 1 N–H and O–H groups in total. The maximum absolute atomic E-state index is 14.0. The number of aromatic nitrogens is 1. The summed E-state index contributed by atoms with van der Waals surface area (Å²) in [5, 5.41) is 0. The van der Waals surface area contributed by atoms with Crippen LogP contribution in [0.5, 0.6) is 0 Å². The lowest BCUT2D eigenvalue weighted by atomic mass is 9.92. The zero-order valence-corrected chi connectivity index (χ0v) is 14.6. The number of rotatable bonds is 6. The summed E-state index contributed by atoms with van der Waals surface area (Å²) in [6, 6.07) is 2.20. The Kier molecular flexibility index (Phi) is 6.43. The Morgan fingerprint density at radius 2 is 2.05 bits per heavy atom. The third-order valence-corrected chi connectivity index (χ3v) is 4.95. The van der Waals surface area contributed by atoms with Gasteiger partial charge in [0, 0.05) is 17.8 Å². The largest absolute Gasteiger partial charge is 0.598 e. The third kappa shape index (κ3) is 4.21. The minimum atomic E-state index is -3.19. The molecule has 1 aromatic rings. The summed E-state index contributed by atoms with van der Waals surface area (Å²) in [5.41, 5.74) is -3.12. The molecular weight excluding hydrogens is 385 g/mol. The first-order chi connectivity index (χ1) is 10.0. The van der Waals surface area contributed by atoms with Crippen molar-refractivity contribution in [2.75, 3.05) is 0 Å². The van der Waals surface area contributed by atoms with Gasteiger partial charge in [0.2, 0.25) is 0 Å². The van der Waals surface area contributed by atoms with Crippen LogP contribution in [0.2, 0.25) is 0 Å². The van der Waals surface area contributed by atoms with Crippen molar-refractivity contribution in [3.8, 4) is 0 Å². The van der Waals surface area contributed by atoms with E-state index in [2.05, 4.69) is 25.6 Å². The summed E-state index contributed by atoms with van der Waals surface area (Å²) in [4.78, 5) is 14.6. The lowest BCUT2D eigenvalue weighted by Gasteiger charge is -2.35. The number of hydrogen-bond donors (Lipinski definition) is 1. The molecule has 0 unspecified atom stereocenters. The van der Waals surface area contributed by atoms with Gasteiger partial charge >= 0.3 is 0 Å². The van der Waals surface area contributed by atoms with E-state index in [1.54, 1.807) is 20.8 Å². The monoisotopic (exact) mass is 400 g/mol. The van der Waals surface area contributed by atoms with E-state index in [-0.39, 0.29) is 10.9 Å². The van der Waals surface area contributed by atoms with Gasteiger partial charge in [0.15, 0.2) is 5.54 Å². The van der Waals surface area contributed by atoms with Gasteiger partial charge in [-0.25, -0.2) is 18.2 Å². The molecule has 0 radical (unpaired) electrons. The van der Waals surface area contributed by atoms with Crippen LogP contribution in [0.1, 0.15) is 32.9 Å². The molecule has 2 atom stereocenters. The lowest BCUT2D eigenvalue weighted by molar-refractivity contribution is -0.111. The molecule has 22 heavy (non-hydrogen) atoms. The van der Waals surface area contributed by atoms with E-state index in [1.807, 2.05) is 0 Å². The van der Waals surface area contributed by atoms with E-state index in [0.29, 0.717) is 0 Å². The van der Waals surface area contributed by atoms with Crippen LogP contribution < -0.4 is 4.72 Å². The van der Waals surface area contributed by atoms with Crippen molar-refractivity contribution in [3.63, 3.8) is 0 Å². The van der Waals surface area contributed by atoms with Gasteiger partial charge in [0.25, 0.3) is 6.43 Å². The van der Waals surface area contributed by atoms with Crippen molar-refractivity contribution in [2.45, 2.75) is 43.9 Å². The number of halogens is 4. The van der Waals surface area contributed by atoms with Gasteiger partial charge in [0.1, 0.15) is 27.1 Å². The van der Waals surface area contributed by atoms with Gasteiger partial charge < -0.3 is 9.35 Å². The zero-order valence-electron chi connectivity index (χ0n) is 12.2. The predicted octanol–water partition coefficient (Wildman–Crippen LogP) is 3.08. The number of pyridine rings is 1. The highest BCUT2D eigenvalue weighted by molar-refractivity contribution is 9.10. The quantitative estimate of drug-likeness (QED) is 0.452. The first-order valence-corrected chi connectivity index (χ1v) is 8.23. The average molecular weight is 401 g/mol. The Balaban J connectivity index is 3.44. The molecule has 0 saturated carbocycles. The maximum Gasteiger partial charge on any atom is 0.266 e. The van der Waals surface area contributed by atoms with Gasteiger partial charge in [-0.3, -0.25) is 0 Å². The minimum absolute atomic E-state index is 0.128. The number of carbonyl (C=O) groups is 1. The zero-order chi connectivity index (χ0) is 17.1. The van der Waals surface area contributed by atoms with Crippen molar-refractivity contribution in [1.82, 2.24) is 9.71 Å². The molecule has 0 fully saturated rings. The molecule has 0 aliphatic carbocycles. The Labute approximate surface area is 138 Å². The lowest BCUT2D eigenvalue weighted by Crippen LogP contribution is -2.56. The van der Waals surface area contributed by atoms with Crippen molar-refractivity contribution >= 4 is 33.6 Å². The Hall–Kier alpha value is -0.640. The summed E-state index contributed by atoms with van der Waals surface area (Å²) in [7, 11) is 0. The molecule has 1 heterocycles. The second kappa shape index (κ2) is 7.29. The second-order valence-electron chi connectivity index (χ2n) is 5.59. The normalized spacial score (nSPS) is 16.4. The van der Waals surface area contributed by atoms with Crippen LogP contribution >= 0.6 is 15.9 Å². The Morgan fingerprint density at radius 3 is 2.50 bits per heavy atom. The maximum atomic E-state index is 14.0. The van der Waals surface area contributed by atoms with E-state index >= 15 is 0 Å². The highest BCUT2D eigenvalue weighted by Gasteiger charge is 2.50. The molecule has 0 aromatic carbocycles. The SMILES string of the molecule is CC(C)(C)[S@@+]([O-])N[C@](CC=O)(c1nc(Br)ccc1F)C(F)F. The van der Waals surface area contributed by atoms with Crippen LogP contribution in [0, 0.1) is 5.82 Å². The average Bonchev–Trinajstić information content (AvgIpc) is 2.39. The van der Waals surface area contributed by atoms with E-state index in [4.69, 9.17) is 0 Å². The molecule has 0 amide bonds. The summed E-state index contributed by atoms with van der Waals surface area (Å²) >= 11 is 1.03. The van der Waals surface area contributed by atoms with Gasteiger partial charge in [-0.05, 0) is 48.8 Å². The number of nitrogens with one attached hydrogen (secondary N) is 1. The standard InChI is InChI=1S/C13H16BrF3N2O2S/c1-12(2,3)22(21)19-13(6-7-20,11(16)17)10-8(15)4-5-9(14)18-10/h4-5,7,11,19H,6H2,1-3H3/t13-,22-/m1/s1. The van der Waals surface area contributed by atoms with Crippen LogP contribution in [0.3, 0.4) is 0 Å². The molecular formula is C13H16BrF3N2O2S. The molecule has 0 spiro atoms. The molecule has 4 nitrogen and oxygen atoms in total. The van der Waals surface area contributed by atoms with Gasteiger partial charge in [-0.1, -0.05) is 0 Å². The second-order valence-corrected chi connectivity index (χ2v) is 8.37. The fourth-order valence-electron chi connectivity index (χ4n) is 1.60. The van der Waals surface area contributed by atoms with E-state index in [0.717, 1.165) is 6.07 Å². The van der Waals surface area contributed by atoms with Gasteiger partial charge in [0.05, 0.1) is 0 Å². The Morgan fingerprint density at radius 1 is 1.45 bits per heavy atom. The van der Waals surface area contributed by atoms with Crippen molar-refractivity contribution < 1.29 is 22.5 Å². The Bertz CT molecular complexity index is 543. The van der Waals surface area contributed by atoms with Crippen molar-refractivity contribution in [2.24, 2.45) is 0 Å². The molecule has 1 aromatic heterocycles. The van der Waals surface area contributed by atoms with Crippen LogP contribution in [0.25, 0.3) is 0 Å².